The number of benzene rings is 8. The van der Waals surface area contributed by atoms with Crippen LogP contribution in [0.1, 0.15) is 41.7 Å². The number of hydrogen-bond acceptors (Lipinski definition) is 5. The van der Waals surface area contributed by atoms with E-state index in [4.69, 9.17) is 0 Å². The van der Waals surface area contributed by atoms with Crippen molar-refractivity contribution in [2.75, 3.05) is 0 Å². The Morgan fingerprint density at radius 1 is 0.533 bits per heavy atom. The fraction of sp³-hybridized carbons (Fsp3) is 0.170. The summed E-state index contributed by atoms with van der Waals surface area (Å²) in [4.78, 5) is 18.2. The van der Waals surface area contributed by atoms with Gasteiger partial charge < -0.3 is 0 Å². The minimum Gasteiger partial charge on any atom is -0.265 e. The molecule has 0 spiro atoms. The Labute approximate surface area is 363 Å². The molecular formula is C53H48N4SSeSi. The molecule has 0 N–H and O–H groups in total. The fourth-order valence-electron chi connectivity index (χ4n) is 8.74. The first-order chi connectivity index (χ1) is 28.9. The Balaban J connectivity index is 0.000000103. The van der Waals surface area contributed by atoms with Gasteiger partial charge in [-0.05, 0) is 76.3 Å². The molecule has 2 aliphatic heterocycles. The summed E-state index contributed by atoms with van der Waals surface area (Å²) >= 11 is 2.15. The molecule has 0 saturated carbocycles. The maximum Gasteiger partial charge on any atom is 0.128 e. The van der Waals surface area contributed by atoms with Gasteiger partial charge in [0.1, 0.15) is 8.07 Å². The van der Waals surface area contributed by atoms with Crippen LogP contribution in [0.4, 0.5) is 11.4 Å². The van der Waals surface area contributed by atoms with Crippen LogP contribution in [0.5, 0.6) is 0 Å². The molecule has 0 amide bonds. The first-order valence-corrected chi connectivity index (χ1v) is 26.3. The van der Waals surface area contributed by atoms with Gasteiger partial charge in [-0.25, -0.2) is 4.98 Å². The van der Waals surface area contributed by atoms with E-state index in [0.29, 0.717) is 14.5 Å². The summed E-state index contributed by atoms with van der Waals surface area (Å²) in [5, 5.41) is 14.0. The van der Waals surface area contributed by atoms with Gasteiger partial charge in [-0.15, -0.1) is 11.3 Å². The second-order valence-corrected chi connectivity index (χ2v) is 24.1. The molecule has 0 atom stereocenters. The Hall–Kier alpha value is -5.56. The van der Waals surface area contributed by atoms with E-state index in [-0.39, 0.29) is 5.41 Å². The molecule has 0 radical (unpaired) electrons. The van der Waals surface area contributed by atoms with Crippen LogP contribution in [0, 0.1) is 27.7 Å². The van der Waals surface area contributed by atoms with Crippen LogP contribution in [0.2, 0.25) is 13.1 Å². The van der Waals surface area contributed by atoms with Crippen LogP contribution in [-0.2, 0) is 5.41 Å². The summed E-state index contributed by atoms with van der Waals surface area (Å²) in [6.07, 6.45) is 2.06. The first kappa shape index (κ1) is 39.9. The maximum atomic E-state index is 4.68. The predicted molar refractivity (Wildman–Crippen MR) is 267 cm³/mol. The summed E-state index contributed by atoms with van der Waals surface area (Å²) < 4.78 is 2.69. The fourth-order valence-corrected chi connectivity index (χ4v) is 12.8. The van der Waals surface area contributed by atoms with Gasteiger partial charge in [0.05, 0.1) is 27.1 Å². The second-order valence-electron chi connectivity index (χ2n) is 17.1. The molecule has 2 aromatic heterocycles. The Kier molecular flexibility index (Phi) is 10.5. The summed E-state index contributed by atoms with van der Waals surface area (Å²) in [5.41, 5.74) is 13.4. The van der Waals surface area contributed by atoms with Crippen molar-refractivity contribution in [3.05, 3.63) is 160 Å². The van der Waals surface area contributed by atoms with Crippen LogP contribution in [-0.4, -0.2) is 44.6 Å². The zero-order valence-electron chi connectivity index (χ0n) is 35.5. The van der Waals surface area contributed by atoms with Gasteiger partial charge in [-0.2, -0.15) is 0 Å². The number of hydrogen-bond donors (Lipinski definition) is 0. The van der Waals surface area contributed by atoms with Crippen molar-refractivity contribution < 1.29 is 0 Å². The van der Waals surface area contributed by atoms with Crippen LogP contribution < -0.4 is 5.19 Å². The number of thiazole rings is 1. The van der Waals surface area contributed by atoms with Crippen molar-refractivity contribution >= 4 is 126 Å². The number of aryl methyl sites for hydroxylation is 4. The zero-order chi connectivity index (χ0) is 41.8. The van der Waals surface area contributed by atoms with Gasteiger partial charge in [0, 0.05) is 27.8 Å². The van der Waals surface area contributed by atoms with E-state index >= 15 is 0 Å². The van der Waals surface area contributed by atoms with Crippen molar-refractivity contribution in [1.29, 1.82) is 0 Å². The third-order valence-corrected chi connectivity index (χ3v) is 17.0. The Morgan fingerprint density at radius 2 is 1.07 bits per heavy atom. The third kappa shape index (κ3) is 7.24. The third-order valence-electron chi connectivity index (χ3n) is 12.0. The van der Waals surface area contributed by atoms with E-state index in [0.717, 1.165) is 5.52 Å². The van der Waals surface area contributed by atoms with E-state index in [2.05, 4.69) is 213 Å². The molecule has 60 heavy (non-hydrogen) atoms. The molecule has 4 heterocycles. The standard InChI is InChI=1S/C15H15N.C14H15NSi.C12H9NS.C12H9NSe/c1-10-5-4-6-11-7-8-12-14(13(10)11)16-9-15(12,2)3;1-10-5-4-6-11-7-8-12-14(13(10)11)15-9-16(12,2)3;2*1-8-3-2-4-9-5-6-10-12(11(8)9)13-7-14-10/h2*4-9H,1-3H3;2*2-7H,1H3. The van der Waals surface area contributed by atoms with Crippen molar-refractivity contribution in [1.82, 2.24) is 9.97 Å². The summed E-state index contributed by atoms with van der Waals surface area (Å²) in [5.74, 6) is 2.20. The van der Waals surface area contributed by atoms with Gasteiger partial charge in [-0.1, -0.05) is 112 Å². The molecule has 12 rings (SSSR count). The van der Waals surface area contributed by atoms with Crippen molar-refractivity contribution in [3.63, 3.8) is 0 Å². The van der Waals surface area contributed by atoms with Crippen molar-refractivity contribution in [2.45, 2.75) is 60.1 Å². The van der Waals surface area contributed by atoms with E-state index in [1.165, 1.54) is 102 Å². The summed E-state index contributed by atoms with van der Waals surface area (Å²) in [7, 11) is -1.39. The molecule has 0 fully saturated rings. The first-order valence-electron chi connectivity index (χ1n) is 20.5. The number of fused-ring (bicyclic) bond motifs is 12. The zero-order valence-corrected chi connectivity index (χ0v) is 39.0. The molecule has 7 heteroatoms. The largest absolute Gasteiger partial charge is 0.265 e. The predicted octanol–water partition coefficient (Wildman–Crippen LogP) is 14.0. The quantitative estimate of drug-likeness (QED) is 0.143. The van der Waals surface area contributed by atoms with E-state index in [1.54, 1.807) is 11.3 Å². The minimum absolute atomic E-state index is 0.0752. The summed E-state index contributed by atoms with van der Waals surface area (Å²) in [6.45, 7) is 17.8. The minimum atomic E-state index is -1.39. The van der Waals surface area contributed by atoms with Crippen LogP contribution in [0.15, 0.2) is 142 Å². The Morgan fingerprint density at radius 3 is 1.72 bits per heavy atom. The average molecular weight is 880 g/mol. The van der Waals surface area contributed by atoms with Crippen LogP contribution >= 0.6 is 11.3 Å². The van der Waals surface area contributed by atoms with Crippen molar-refractivity contribution in [3.8, 4) is 0 Å². The number of rotatable bonds is 0. The smallest absolute Gasteiger partial charge is 0.128 e. The van der Waals surface area contributed by atoms with E-state index in [1.807, 2.05) is 5.51 Å². The molecule has 296 valence electrons. The molecule has 4 nitrogen and oxygen atoms in total. The van der Waals surface area contributed by atoms with E-state index in [9.17, 15) is 0 Å². The molecule has 10 aromatic rings. The summed E-state index contributed by atoms with van der Waals surface area (Å²) in [6, 6.07) is 43.3. The maximum absolute atomic E-state index is 4.68. The number of aliphatic imine (C=N–C) groups is 2. The molecule has 0 bridgehead atoms. The molecular weight excluding hydrogens is 832 g/mol. The molecule has 8 aromatic carbocycles. The second kappa shape index (κ2) is 15.8. The monoisotopic (exact) mass is 880 g/mol. The normalized spacial score (nSPS) is 14.1. The Bertz CT molecular complexity index is 3110. The van der Waals surface area contributed by atoms with Gasteiger partial charge in [-0.3, -0.25) is 9.98 Å². The van der Waals surface area contributed by atoms with Gasteiger partial charge in [0.25, 0.3) is 0 Å². The molecule has 2 aliphatic rings. The van der Waals surface area contributed by atoms with Crippen LogP contribution in [0.3, 0.4) is 0 Å². The van der Waals surface area contributed by atoms with Crippen molar-refractivity contribution in [2.24, 2.45) is 9.98 Å². The molecule has 0 unspecified atom stereocenters. The van der Waals surface area contributed by atoms with E-state index < -0.39 is 8.07 Å². The van der Waals surface area contributed by atoms with Gasteiger partial charge in [0.15, 0.2) is 0 Å². The SMILES string of the molecule is Cc1cccc2ccc3[se]cnc3c12.Cc1cccc2ccc3c(c12)N=CC3(C)C.Cc1cccc2ccc3c(c12)N=C[Si]3(C)C.Cc1cccc2ccc3scnc3c12. The topological polar surface area (TPSA) is 50.5 Å². The van der Waals surface area contributed by atoms with Gasteiger partial charge >= 0.3 is 87.9 Å². The molecule has 0 aliphatic carbocycles. The number of aromatic nitrogens is 2. The van der Waals surface area contributed by atoms with Gasteiger partial charge in [0.2, 0.25) is 0 Å². The average Bonchev–Trinajstić information content (AvgIpc) is 4.04. The molecule has 0 saturated heterocycles. The number of nitrogens with zero attached hydrogens (tertiary/aromatic N) is 4. The van der Waals surface area contributed by atoms with Crippen LogP contribution in [0.25, 0.3) is 63.1 Å².